The van der Waals surface area contributed by atoms with Gasteiger partial charge in [-0.15, -0.1) is 0 Å². The molecule has 0 aliphatic carbocycles. The Labute approximate surface area is 124 Å². The molecule has 1 aliphatic heterocycles. The molecule has 0 bridgehead atoms. The number of nitriles is 1. The normalized spacial score (nSPS) is 14.3. The molecule has 0 saturated heterocycles. The Bertz CT molecular complexity index is 575. The molecule has 0 unspecified atom stereocenters. The fourth-order valence-electron chi connectivity index (χ4n) is 2.35. The van der Waals surface area contributed by atoms with E-state index in [1.807, 2.05) is 29.2 Å². The van der Waals surface area contributed by atoms with E-state index in [0.717, 1.165) is 25.1 Å². The van der Waals surface area contributed by atoms with Crippen LogP contribution in [0.25, 0.3) is 0 Å². The van der Waals surface area contributed by atoms with E-state index >= 15 is 0 Å². The van der Waals surface area contributed by atoms with Gasteiger partial charge >= 0.3 is 0 Å². The van der Waals surface area contributed by atoms with Crippen molar-refractivity contribution in [2.45, 2.75) is 12.8 Å². The van der Waals surface area contributed by atoms with Crippen LogP contribution in [-0.2, 0) is 16.0 Å². The molecule has 5 heteroatoms. The number of methoxy groups -OCH3 is 1. The summed E-state index contributed by atoms with van der Waals surface area (Å²) in [5.41, 5.74) is 2.43. The SMILES string of the molecule is COCCNC(=O)/C(C#N)=C\N1CCCc2ccccc21. The molecule has 1 aromatic carbocycles. The number of amides is 1. The molecule has 110 valence electrons. The van der Waals surface area contributed by atoms with Crippen LogP contribution in [0.3, 0.4) is 0 Å². The molecule has 0 atom stereocenters. The monoisotopic (exact) mass is 285 g/mol. The number of benzene rings is 1. The minimum absolute atomic E-state index is 0.114. The molecule has 2 rings (SSSR count). The van der Waals surface area contributed by atoms with Crippen molar-refractivity contribution in [3.05, 3.63) is 41.6 Å². The molecule has 0 aromatic heterocycles. The molecule has 1 N–H and O–H groups in total. The van der Waals surface area contributed by atoms with Gasteiger partial charge in [-0.2, -0.15) is 5.26 Å². The summed E-state index contributed by atoms with van der Waals surface area (Å²) >= 11 is 0. The van der Waals surface area contributed by atoms with Gasteiger partial charge < -0.3 is 15.0 Å². The third kappa shape index (κ3) is 3.83. The molecule has 1 amide bonds. The first-order chi connectivity index (χ1) is 10.3. The van der Waals surface area contributed by atoms with Crippen molar-refractivity contribution in [2.75, 3.05) is 31.7 Å². The Kier molecular flexibility index (Phi) is 5.35. The molecule has 21 heavy (non-hydrogen) atoms. The standard InChI is InChI=1S/C16H19N3O2/c1-21-10-8-18-16(20)14(11-17)12-19-9-4-6-13-5-2-3-7-15(13)19/h2-3,5,7,12H,4,6,8-10H2,1H3,(H,18,20)/b14-12-. The number of hydrogen-bond acceptors (Lipinski definition) is 4. The first-order valence-corrected chi connectivity index (χ1v) is 7.00. The third-order valence-electron chi connectivity index (χ3n) is 3.39. The highest BCUT2D eigenvalue weighted by atomic mass is 16.5. The van der Waals surface area contributed by atoms with Crippen LogP contribution < -0.4 is 10.2 Å². The van der Waals surface area contributed by atoms with E-state index in [9.17, 15) is 10.1 Å². The van der Waals surface area contributed by atoms with Crippen molar-refractivity contribution >= 4 is 11.6 Å². The van der Waals surface area contributed by atoms with Crippen molar-refractivity contribution < 1.29 is 9.53 Å². The lowest BCUT2D eigenvalue weighted by atomic mass is 10.0. The van der Waals surface area contributed by atoms with E-state index in [2.05, 4.69) is 11.4 Å². The predicted molar refractivity (Wildman–Crippen MR) is 80.7 cm³/mol. The Morgan fingerprint density at radius 1 is 1.52 bits per heavy atom. The molecular formula is C16H19N3O2. The maximum absolute atomic E-state index is 12.0. The predicted octanol–water partition coefficient (Wildman–Crippen LogP) is 1.61. The van der Waals surface area contributed by atoms with Crippen molar-refractivity contribution in [3.63, 3.8) is 0 Å². The zero-order valence-corrected chi connectivity index (χ0v) is 12.1. The Balaban J connectivity index is 2.14. The van der Waals surface area contributed by atoms with Crippen LogP contribution in [0.1, 0.15) is 12.0 Å². The van der Waals surface area contributed by atoms with E-state index < -0.39 is 0 Å². The highest BCUT2D eigenvalue weighted by molar-refractivity contribution is 5.97. The molecule has 1 aliphatic rings. The second-order valence-corrected chi connectivity index (χ2v) is 4.83. The van der Waals surface area contributed by atoms with E-state index in [1.54, 1.807) is 13.3 Å². The Morgan fingerprint density at radius 2 is 2.33 bits per heavy atom. The van der Waals surface area contributed by atoms with E-state index in [1.165, 1.54) is 5.56 Å². The summed E-state index contributed by atoms with van der Waals surface area (Å²) in [4.78, 5) is 13.9. The van der Waals surface area contributed by atoms with Gasteiger partial charge in [0.15, 0.2) is 0 Å². The quantitative estimate of drug-likeness (QED) is 0.507. The number of nitrogens with zero attached hydrogens (tertiary/aromatic N) is 2. The van der Waals surface area contributed by atoms with Crippen LogP contribution in [0, 0.1) is 11.3 Å². The van der Waals surface area contributed by atoms with Crippen LogP contribution in [0.2, 0.25) is 0 Å². The topological polar surface area (TPSA) is 65.4 Å². The van der Waals surface area contributed by atoms with Crippen LogP contribution in [-0.4, -0.2) is 32.7 Å². The molecule has 0 fully saturated rings. The lowest BCUT2D eigenvalue weighted by Crippen LogP contribution is -2.30. The number of para-hydroxylation sites is 1. The minimum Gasteiger partial charge on any atom is -0.383 e. The Morgan fingerprint density at radius 3 is 3.10 bits per heavy atom. The first kappa shape index (κ1) is 15.1. The number of rotatable bonds is 5. The van der Waals surface area contributed by atoms with Gasteiger partial charge in [0.2, 0.25) is 0 Å². The fourth-order valence-corrected chi connectivity index (χ4v) is 2.35. The van der Waals surface area contributed by atoms with Crippen molar-refractivity contribution in [1.82, 2.24) is 5.32 Å². The average Bonchev–Trinajstić information content (AvgIpc) is 2.52. The van der Waals surface area contributed by atoms with Crippen molar-refractivity contribution in [3.8, 4) is 6.07 Å². The van der Waals surface area contributed by atoms with Crippen LogP contribution in [0.15, 0.2) is 36.0 Å². The largest absolute Gasteiger partial charge is 0.383 e. The van der Waals surface area contributed by atoms with E-state index in [4.69, 9.17) is 4.74 Å². The van der Waals surface area contributed by atoms with Gasteiger partial charge in [-0.05, 0) is 24.5 Å². The van der Waals surface area contributed by atoms with Crippen molar-refractivity contribution in [2.24, 2.45) is 0 Å². The van der Waals surface area contributed by atoms with Gasteiger partial charge in [-0.25, -0.2) is 0 Å². The van der Waals surface area contributed by atoms with E-state index in [-0.39, 0.29) is 11.5 Å². The fraction of sp³-hybridized carbons (Fsp3) is 0.375. The Hall–Kier alpha value is -2.32. The molecule has 0 radical (unpaired) electrons. The smallest absolute Gasteiger partial charge is 0.263 e. The molecule has 5 nitrogen and oxygen atoms in total. The van der Waals surface area contributed by atoms with Crippen LogP contribution in [0.5, 0.6) is 0 Å². The number of aryl methyl sites for hydroxylation is 1. The summed E-state index contributed by atoms with van der Waals surface area (Å²) in [6.07, 6.45) is 3.68. The number of fused-ring (bicyclic) bond motifs is 1. The lowest BCUT2D eigenvalue weighted by Gasteiger charge is -2.28. The lowest BCUT2D eigenvalue weighted by molar-refractivity contribution is -0.117. The van der Waals surface area contributed by atoms with Crippen molar-refractivity contribution in [1.29, 1.82) is 5.26 Å². The minimum atomic E-state index is -0.363. The molecule has 0 spiro atoms. The number of hydrogen-bond donors (Lipinski definition) is 1. The second-order valence-electron chi connectivity index (χ2n) is 4.83. The molecule has 0 saturated carbocycles. The number of carbonyl (C=O) groups excluding carboxylic acids is 1. The third-order valence-corrected chi connectivity index (χ3v) is 3.39. The summed E-state index contributed by atoms with van der Waals surface area (Å²) in [6, 6.07) is 10.1. The second kappa shape index (κ2) is 7.46. The van der Waals surface area contributed by atoms with Gasteiger partial charge in [0.25, 0.3) is 5.91 Å². The highest BCUT2D eigenvalue weighted by Crippen LogP contribution is 2.27. The van der Waals surface area contributed by atoms with Crippen LogP contribution >= 0.6 is 0 Å². The zero-order valence-electron chi connectivity index (χ0n) is 12.1. The van der Waals surface area contributed by atoms with E-state index in [0.29, 0.717) is 13.2 Å². The maximum atomic E-state index is 12.0. The summed E-state index contributed by atoms with van der Waals surface area (Å²) < 4.78 is 4.87. The first-order valence-electron chi connectivity index (χ1n) is 7.00. The van der Waals surface area contributed by atoms with Gasteiger partial charge in [-0.1, -0.05) is 18.2 Å². The van der Waals surface area contributed by atoms with Gasteiger partial charge in [0, 0.05) is 32.1 Å². The van der Waals surface area contributed by atoms with Gasteiger partial charge in [0.1, 0.15) is 11.6 Å². The molecular weight excluding hydrogens is 266 g/mol. The van der Waals surface area contributed by atoms with Crippen LogP contribution in [0.4, 0.5) is 5.69 Å². The highest BCUT2D eigenvalue weighted by Gasteiger charge is 2.17. The number of anilines is 1. The summed E-state index contributed by atoms with van der Waals surface area (Å²) in [5, 5.41) is 11.9. The number of carbonyl (C=O) groups is 1. The van der Waals surface area contributed by atoms with Gasteiger partial charge in [0.05, 0.1) is 6.61 Å². The average molecular weight is 285 g/mol. The maximum Gasteiger partial charge on any atom is 0.263 e. The number of nitrogens with one attached hydrogen (secondary N) is 1. The summed E-state index contributed by atoms with van der Waals surface area (Å²) in [6.45, 7) is 1.63. The zero-order chi connectivity index (χ0) is 15.1. The number of ether oxygens (including phenoxy) is 1. The van der Waals surface area contributed by atoms with Gasteiger partial charge in [-0.3, -0.25) is 4.79 Å². The molecule has 1 heterocycles. The summed E-state index contributed by atoms with van der Waals surface area (Å²) in [7, 11) is 1.57. The molecule has 1 aromatic rings. The summed E-state index contributed by atoms with van der Waals surface area (Å²) in [5.74, 6) is -0.363.